The van der Waals surface area contributed by atoms with Crippen LogP contribution in [0.15, 0.2) is 54.7 Å². The van der Waals surface area contributed by atoms with Gasteiger partial charge >= 0.3 is 6.03 Å². The lowest BCUT2D eigenvalue weighted by atomic mass is 10.1. The molecule has 2 aromatic heterocycles. The maximum atomic E-state index is 12.7. The van der Waals surface area contributed by atoms with Crippen LogP contribution in [0.25, 0.3) is 10.8 Å². The number of carbonyl (C=O) groups is 1. The van der Waals surface area contributed by atoms with Gasteiger partial charge in [-0.1, -0.05) is 11.6 Å². The van der Waals surface area contributed by atoms with E-state index < -0.39 is 0 Å². The van der Waals surface area contributed by atoms with Gasteiger partial charge < -0.3 is 33.9 Å². The summed E-state index contributed by atoms with van der Waals surface area (Å²) in [5.74, 6) is 3.71. The molecule has 46 heavy (non-hydrogen) atoms. The zero-order valence-corrected chi connectivity index (χ0v) is 27.4. The molecule has 0 spiro atoms. The van der Waals surface area contributed by atoms with Crippen molar-refractivity contribution in [2.45, 2.75) is 19.1 Å². The molecule has 244 valence electrons. The van der Waals surface area contributed by atoms with Crippen LogP contribution in [0.5, 0.6) is 23.0 Å². The molecule has 2 aromatic carbocycles. The van der Waals surface area contributed by atoms with Crippen molar-refractivity contribution >= 4 is 40.0 Å². The van der Waals surface area contributed by atoms with Crippen molar-refractivity contribution in [1.82, 2.24) is 20.2 Å². The monoisotopic (exact) mass is 650 g/mol. The number of hydrogen-bond acceptors (Lipinski definition) is 10. The fourth-order valence-electron chi connectivity index (χ4n) is 5.39. The first-order valence-electron chi connectivity index (χ1n) is 14.8. The number of fused-ring (bicyclic) bond motifs is 1. The Labute approximate surface area is 273 Å². The number of nitrogens with one attached hydrogen (secondary N) is 2. The van der Waals surface area contributed by atoms with Crippen molar-refractivity contribution in [3.63, 3.8) is 0 Å². The third-order valence-corrected chi connectivity index (χ3v) is 8.01. The molecular weight excluding hydrogens is 612 g/mol. The van der Waals surface area contributed by atoms with Gasteiger partial charge in [0.05, 0.1) is 41.1 Å². The normalized spacial score (nSPS) is 13.2. The fraction of sp³-hybridized carbons (Fsp3) is 0.364. The molecule has 0 saturated carbocycles. The minimum Gasteiger partial charge on any atom is -0.497 e. The van der Waals surface area contributed by atoms with E-state index in [1.165, 1.54) is 0 Å². The number of halogens is 1. The molecule has 4 aromatic rings. The number of benzene rings is 2. The Morgan fingerprint density at radius 1 is 0.913 bits per heavy atom. The van der Waals surface area contributed by atoms with E-state index in [9.17, 15) is 4.79 Å². The first-order chi connectivity index (χ1) is 22.3. The van der Waals surface area contributed by atoms with Gasteiger partial charge in [0, 0.05) is 74.7 Å². The quantitative estimate of drug-likeness (QED) is 0.181. The van der Waals surface area contributed by atoms with Gasteiger partial charge in [0.15, 0.2) is 0 Å². The van der Waals surface area contributed by atoms with E-state index in [2.05, 4.69) is 25.4 Å². The van der Waals surface area contributed by atoms with Crippen molar-refractivity contribution in [2.75, 3.05) is 72.0 Å². The Bertz CT molecular complexity index is 1610. The molecule has 1 aliphatic heterocycles. The molecule has 12 nitrogen and oxygen atoms in total. The molecule has 5 rings (SSSR count). The van der Waals surface area contributed by atoms with E-state index in [1.807, 2.05) is 36.4 Å². The van der Waals surface area contributed by atoms with Gasteiger partial charge in [0.1, 0.15) is 39.8 Å². The molecule has 1 aliphatic rings. The highest BCUT2D eigenvalue weighted by Crippen LogP contribution is 2.35. The summed E-state index contributed by atoms with van der Waals surface area (Å²) in [4.78, 5) is 26.4. The SMILES string of the molecule is COCCN1CC(NC(=O)Nc2cc3cc(Cl)nc(N(Cc4ccc(OC)cc4OC)Cc4ccc(OC)cc4OC)c3cn2)C1. The molecule has 13 heteroatoms. The van der Waals surface area contributed by atoms with Crippen molar-refractivity contribution in [3.8, 4) is 23.0 Å². The Kier molecular flexibility index (Phi) is 10.8. The second-order valence-corrected chi connectivity index (χ2v) is 11.2. The van der Waals surface area contributed by atoms with E-state index in [0.717, 1.165) is 41.5 Å². The number of rotatable bonds is 14. The molecule has 2 amide bonds. The average Bonchev–Trinajstić information content (AvgIpc) is 3.05. The van der Waals surface area contributed by atoms with Crippen molar-refractivity contribution < 1.29 is 28.5 Å². The average molecular weight is 651 g/mol. The third-order valence-electron chi connectivity index (χ3n) is 7.82. The first kappa shape index (κ1) is 32.9. The van der Waals surface area contributed by atoms with E-state index in [-0.39, 0.29) is 12.1 Å². The minimum absolute atomic E-state index is 0.0704. The molecule has 3 heterocycles. The van der Waals surface area contributed by atoms with Crippen molar-refractivity contribution in [2.24, 2.45) is 0 Å². The van der Waals surface area contributed by atoms with Crippen LogP contribution in [0.1, 0.15) is 11.1 Å². The topological polar surface area (TPSA) is 120 Å². The number of hydrogen-bond donors (Lipinski definition) is 2. The van der Waals surface area contributed by atoms with Gasteiger partial charge in [-0.15, -0.1) is 0 Å². The molecule has 2 N–H and O–H groups in total. The van der Waals surface area contributed by atoms with Crippen molar-refractivity contribution in [1.29, 1.82) is 0 Å². The van der Waals surface area contributed by atoms with Gasteiger partial charge in [-0.3, -0.25) is 10.2 Å². The summed E-state index contributed by atoms with van der Waals surface area (Å²) in [5.41, 5.74) is 1.82. The number of nitrogens with zero attached hydrogens (tertiary/aromatic N) is 4. The van der Waals surface area contributed by atoms with E-state index in [0.29, 0.717) is 59.5 Å². The highest BCUT2D eigenvalue weighted by Gasteiger charge is 2.27. The second kappa shape index (κ2) is 15.2. The smallest absolute Gasteiger partial charge is 0.320 e. The Morgan fingerprint density at radius 2 is 1.54 bits per heavy atom. The Balaban J connectivity index is 1.44. The van der Waals surface area contributed by atoms with Crippen LogP contribution in [0.3, 0.4) is 0 Å². The molecule has 0 radical (unpaired) electrons. The van der Waals surface area contributed by atoms with E-state index in [4.69, 9.17) is 40.3 Å². The molecule has 0 aliphatic carbocycles. The molecule has 0 bridgehead atoms. The predicted molar refractivity (Wildman–Crippen MR) is 178 cm³/mol. The number of anilines is 2. The van der Waals surface area contributed by atoms with Crippen LogP contribution < -0.4 is 34.5 Å². The molecule has 0 unspecified atom stereocenters. The molecule has 1 saturated heterocycles. The van der Waals surface area contributed by atoms with Gasteiger partial charge in [0.25, 0.3) is 0 Å². The van der Waals surface area contributed by atoms with E-state index >= 15 is 0 Å². The number of pyridine rings is 2. The number of urea groups is 1. The highest BCUT2D eigenvalue weighted by atomic mass is 35.5. The van der Waals surface area contributed by atoms with Crippen LogP contribution in [0, 0.1) is 0 Å². The van der Waals surface area contributed by atoms with Crippen LogP contribution in [-0.4, -0.2) is 88.7 Å². The molecular formula is C33H39ClN6O6. The van der Waals surface area contributed by atoms with Gasteiger partial charge in [0.2, 0.25) is 0 Å². The van der Waals surface area contributed by atoms with E-state index in [1.54, 1.807) is 53.9 Å². The second-order valence-electron chi connectivity index (χ2n) is 10.8. The molecule has 0 atom stereocenters. The summed E-state index contributed by atoms with van der Waals surface area (Å²) in [6, 6.07) is 14.7. The number of ether oxygens (including phenoxy) is 5. The first-order valence-corrected chi connectivity index (χ1v) is 15.1. The summed E-state index contributed by atoms with van der Waals surface area (Å²) in [7, 11) is 8.16. The largest absolute Gasteiger partial charge is 0.497 e. The number of aromatic nitrogens is 2. The number of likely N-dealkylation sites (tertiary alicyclic amines) is 1. The van der Waals surface area contributed by atoms with Gasteiger partial charge in [-0.25, -0.2) is 14.8 Å². The summed E-state index contributed by atoms with van der Waals surface area (Å²) in [6.07, 6.45) is 1.70. The van der Waals surface area contributed by atoms with Crippen LogP contribution >= 0.6 is 11.6 Å². The zero-order chi connectivity index (χ0) is 32.6. The zero-order valence-electron chi connectivity index (χ0n) is 26.6. The Hall–Kier alpha value is -4.52. The molecule has 1 fully saturated rings. The standard InChI is InChI=1S/C33H39ClN6O6/c1-42-11-10-39-19-24(20-39)36-33(41)38-31-13-23-12-30(34)37-32(27(23)16-35-31)40(17-21-6-8-25(43-2)14-28(21)45-4)18-22-7-9-26(44-3)15-29(22)46-5/h6-9,12-16,24H,10-11,17-20H2,1-5H3,(H2,35,36,38,41). The maximum absolute atomic E-state index is 12.7. The maximum Gasteiger partial charge on any atom is 0.320 e. The van der Waals surface area contributed by atoms with Gasteiger partial charge in [-0.05, 0) is 41.8 Å². The Morgan fingerprint density at radius 3 is 2.11 bits per heavy atom. The lowest BCUT2D eigenvalue weighted by Gasteiger charge is -2.39. The predicted octanol–water partition coefficient (Wildman–Crippen LogP) is 4.98. The van der Waals surface area contributed by atoms with Crippen LogP contribution in [-0.2, 0) is 17.8 Å². The number of methoxy groups -OCH3 is 5. The lowest BCUT2D eigenvalue weighted by Crippen LogP contribution is -2.60. The summed E-state index contributed by atoms with van der Waals surface area (Å²) in [5, 5.41) is 7.66. The third kappa shape index (κ3) is 7.82. The highest BCUT2D eigenvalue weighted by molar-refractivity contribution is 6.30. The lowest BCUT2D eigenvalue weighted by molar-refractivity contribution is 0.0867. The number of carbonyl (C=O) groups excluding carboxylic acids is 1. The summed E-state index contributed by atoms with van der Waals surface area (Å²) >= 11 is 6.62. The van der Waals surface area contributed by atoms with Gasteiger partial charge in [-0.2, -0.15) is 0 Å². The van der Waals surface area contributed by atoms with Crippen molar-refractivity contribution in [3.05, 3.63) is 71.0 Å². The van der Waals surface area contributed by atoms with Crippen LogP contribution in [0.2, 0.25) is 5.15 Å². The van der Waals surface area contributed by atoms with Crippen LogP contribution in [0.4, 0.5) is 16.4 Å². The number of amides is 2. The fourth-order valence-corrected chi connectivity index (χ4v) is 5.59. The minimum atomic E-state index is -0.316. The summed E-state index contributed by atoms with van der Waals surface area (Å²) < 4.78 is 27.4. The summed E-state index contributed by atoms with van der Waals surface area (Å²) in [6.45, 7) is 3.89.